The first-order valence-electron chi connectivity index (χ1n) is 6.67. The quantitative estimate of drug-likeness (QED) is 0.817. The van der Waals surface area contributed by atoms with E-state index in [2.05, 4.69) is 0 Å². The van der Waals surface area contributed by atoms with Crippen LogP contribution in [0.4, 0.5) is 0 Å². The van der Waals surface area contributed by atoms with Crippen LogP contribution in [0.15, 0.2) is 60.7 Å². The van der Waals surface area contributed by atoms with Crippen molar-refractivity contribution in [2.24, 2.45) is 5.50 Å². The molecule has 19 heavy (non-hydrogen) atoms. The fraction of sp³-hybridized carbons (Fsp3) is 0.250. The van der Waals surface area contributed by atoms with Gasteiger partial charge in [0.2, 0.25) is 0 Å². The van der Waals surface area contributed by atoms with Gasteiger partial charge in [-0.05, 0) is 24.0 Å². The second-order valence-electron chi connectivity index (χ2n) is 5.19. The molecule has 0 saturated carbocycles. The summed E-state index contributed by atoms with van der Waals surface area (Å²) in [6.07, 6.45) is 1.83. The van der Waals surface area contributed by atoms with Crippen LogP contribution < -0.4 is 5.50 Å². The lowest BCUT2D eigenvalue weighted by Crippen LogP contribution is -2.06. The van der Waals surface area contributed by atoms with Crippen molar-refractivity contribution >= 4 is 7.29 Å². The van der Waals surface area contributed by atoms with Crippen LogP contribution in [0.5, 0.6) is 0 Å². The average molecular weight is 271 g/mol. The molecule has 3 rings (SSSR count). The second kappa shape index (κ2) is 4.96. The van der Waals surface area contributed by atoms with Gasteiger partial charge in [0, 0.05) is 0 Å². The third-order valence-electron chi connectivity index (χ3n) is 4.06. The predicted octanol–water partition coefficient (Wildman–Crippen LogP) is 4.50. The van der Waals surface area contributed by atoms with E-state index in [9.17, 15) is 4.57 Å². The van der Waals surface area contributed by atoms with Gasteiger partial charge in [0.15, 0.2) is 7.29 Å². The van der Waals surface area contributed by atoms with Gasteiger partial charge < -0.3 is 4.57 Å². The standard InChI is InChI=1S/C16H18NOP/c17-19(18)15(13-7-3-1-4-8-13)11-12-16(19)14-9-5-2-6-10-14/h1-10,15-16H,11-12H2,(H2,17,18)/t15-,16-/m0/s1. The Labute approximate surface area is 114 Å². The highest BCUT2D eigenvalue weighted by atomic mass is 31.2. The van der Waals surface area contributed by atoms with Crippen molar-refractivity contribution in [2.75, 3.05) is 0 Å². The van der Waals surface area contributed by atoms with E-state index >= 15 is 0 Å². The highest BCUT2D eigenvalue weighted by Gasteiger charge is 2.44. The summed E-state index contributed by atoms with van der Waals surface area (Å²) < 4.78 is 13.1. The molecule has 3 heteroatoms. The minimum Gasteiger partial charge on any atom is -0.306 e. The van der Waals surface area contributed by atoms with Gasteiger partial charge in [-0.3, -0.25) is 5.50 Å². The highest BCUT2D eigenvalue weighted by Crippen LogP contribution is 2.71. The topological polar surface area (TPSA) is 43.1 Å². The zero-order valence-electron chi connectivity index (χ0n) is 10.8. The second-order valence-corrected chi connectivity index (χ2v) is 7.97. The first-order valence-corrected chi connectivity index (χ1v) is 8.59. The first-order chi connectivity index (χ1) is 9.19. The molecule has 1 saturated heterocycles. The fourth-order valence-corrected chi connectivity index (χ4v) is 5.90. The Hall–Kier alpha value is -1.37. The van der Waals surface area contributed by atoms with E-state index in [1.54, 1.807) is 0 Å². The molecule has 2 atom stereocenters. The van der Waals surface area contributed by atoms with Crippen molar-refractivity contribution in [1.82, 2.24) is 0 Å². The van der Waals surface area contributed by atoms with Gasteiger partial charge in [0.05, 0.1) is 11.3 Å². The van der Waals surface area contributed by atoms with Crippen LogP contribution in [0, 0.1) is 0 Å². The summed E-state index contributed by atoms with van der Waals surface area (Å²) in [6.45, 7) is 0. The largest absolute Gasteiger partial charge is 0.306 e. The first kappa shape index (κ1) is 12.7. The molecular weight excluding hydrogens is 253 g/mol. The number of hydrogen-bond acceptors (Lipinski definition) is 1. The number of hydrogen-bond donors (Lipinski definition) is 1. The summed E-state index contributed by atoms with van der Waals surface area (Å²) in [5.74, 6) is 0. The van der Waals surface area contributed by atoms with E-state index in [0.717, 1.165) is 24.0 Å². The molecule has 0 aliphatic carbocycles. The molecule has 0 spiro atoms. The van der Waals surface area contributed by atoms with Crippen molar-refractivity contribution in [3.63, 3.8) is 0 Å². The zero-order chi connectivity index (χ0) is 13.3. The van der Waals surface area contributed by atoms with Crippen molar-refractivity contribution < 1.29 is 4.57 Å². The summed E-state index contributed by atoms with van der Waals surface area (Å²) in [5.41, 5.74) is 8.55. The van der Waals surface area contributed by atoms with Crippen LogP contribution in [0.1, 0.15) is 35.3 Å². The predicted molar refractivity (Wildman–Crippen MR) is 79.4 cm³/mol. The van der Waals surface area contributed by atoms with Gasteiger partial charge in [-0.25, -0.2) is 0 Å². The Morgan fingerprint density at radius 1 is 0.789 bits per heavy atom. The number of nitrogens with two attached hydrogens (primary N) is 1. The maximum absolute atomic E-state index is 13.1. The Kier molecular flexibility index (Phi) is 3.30. The molecule has 0 amide bonds. The summed E-state index contributed by atoms with van der Waals surface area (Å²) in [4.78, 5) is 0. The van der Waals surface area contributed by atoms with Crippen molar-refractivity contribution in [3.8, 4) is 0 Å². The molecule has 0 bridgehead atoms. The third kappa shape index (κ3) is 2.27. The van der Waals surface area contributed by atoms with Crippen LogP contribution in [0.2, 0.25) is 0 Å². The van der Waals surface area contributed by atoms with Gasteiger partial charge in [0.25, 0.3) is 0 Å². The lowest BCUT2D eigenvalue weighted by Gasteiger charge is -2.22. The van der Waals surface area contributed by atoms with E-state index in [1.165, 1.54) is 0 Å². The van der Waals surface area contributed by atoms with Crippen molar-refractivity contribution in [3.05, 3.63) is 71.8 Å². The normalized spacial score (nSPS) is 25.3. The molecule has 98 valence electrons. The van der Waals surface area contributed by atoms with Gasteiger partial charge in [-0.2, -0.15) is 0 Å². The van der Waals surface area contributed by atoms with E-state index < -0.39 is 7.29 Å². The molecule has 0 radical (unpaired) electrons. The maximum Gasteiger partial charge on any atom is 0.159 e. The molecule has 1 heterocycles. The molecule has 2 N–H and O–H groups in total. The Morgan fingerprint density at radius 3 is 1.53 bits per heavy atom. The van der Waals surface area contributed by atoms with Gasteiger partial charge in [-0.15, -0.1) is 0 Å². The minimum atomic E-state index is -2.71. The van der Waals surface area contributed by atoms with Crippen molar-refractivity contribution in [2.45, 2.75) is 24.2 Å². The van der Waals surface area contributed by atoms with Crippen LogP contribution in [0.3, 0.4) is 0 Å². The maximum atomic E-state index is 13.1. The molecule has 1 fully saturated rings. The summed E-state index contributed by atoms with van der Waals surface area (Å²) in [7, 11) is -2.71. The monoisotopic (exact) mass is 271 g/mol. The molecule has 2 nitrogen and oxygen atoms in total. The lowest BCUT2D eigenvalue weighted by atomic mass is 10.0. The number of rotatable bonds is 2. The van der Waals surface area contributed by atoms with Crippen LogP contribution >= 0.6 is 7.29 Å². The lowest BCUT2D eigenvalue weighted by molar-refractivity contribution is 0.567. The number of benzene rings is 2. The Morgan fingerprint density at radius 2 is 1.16 bits per heavy atom. The minimum absolute atomic E-state index is 0.0129. The summed E-state index contributed by atoms with van der Waals surface area (Å²) in [6, 6.07) is 20.1. The molecule has 1 aliphatic rings. The molecule has 1 aliphatic heterocycles. The van der Waals surface area contributed by atoms with Crippen molar-refractivity contribution in [1.29, 1.82) is 0 Å². The molecule has 0 unspecified atom stereocenters. The van der Waals surface area contributed by atoms with Crippen LogP contribution in [-0.4, -0.2) is 0 Å². The van der Waals surface area contributed by atoms with Gasteiger partial charge in [0.1, 0.15) is 0 Å². The van der Waals surface area contributed by atoms with Gasteiger partial charge >= 0.3 is 0 Å². The Balaban J connectivity index is 1.95. The highest BCUT2D eigenvalue weighted by molar-refractivity contribution is 7.62. The smallest absolute Gasteiger partial charge is 0.159 e. The third-order valence-corrected chi connectivity index (χ3v) is 7.12. The molecule has 2 aromatic rings. The molecule has 2 aromatic carbocycles. The molecule has 0 aromatic heterocycles. The summed E-state index contributed by atoms with van der Waals surface area (Å²) in [5, 5.41) is 0. The van der Waals surface area contributed by atoms with Crippen LogP contribution in [0.25, 0.3) is 0 Å². The fourth-order valence-electron chi connectivity index (χ4n) is 3.09. The zero-order valence-corrected chi connectivity index (χ0v) is 11.7. The summed E-state index contributed by atoms with van der Waals surface area (Å²) >= 11 is 0. The SMILES string of the molecule is NP1(=O)[C@H](c2ccccc2)CC[C@H]1c1ccccc1. The van der Waals surface area contributed by atoms with E-state index in [4.69, 9.17) is 5.50 Å². The van der Waals surface area contributed by atoms with Crippen LogP contribution in [-0.2, 0) is 4.57 Å². The van der Waals surface area contributed by atoms with E-state index in [0.29, 0.717) is 0 Å². The van der Waals surface area contributed by atoms with E-state index in [1.807, 2.05) is 60.7 Å². The molecular formula is C16H18NOP. The Bertz CT molecular complexity index is 545. The van der Waals surface area contributed by atoms with Gasteiger partial charge in [-0.1, -0.05) is 60.7 Å². The average Bonchev–Trinajstić information content (AvgIpc) is 2.76. The van der Waals surface area contributed by atoms with E-state index in [-0.39, 0.29) is 11.3 Å².